The van der Waals surface area contributed by atoms with Gasteiger partial charge in [0, 0.05) is 13.1 Å². The Hall–Kier alpha value is -1.92. The number of likely N-dealkylation sites (N-methyl/N-ethyl adjacent to an activating group) is 1. The van der Waals surface area contributed by atoms with Crippen molar-refractivity contribution in [2.45, 2.75) is 13.0 Å². The summed E-state index contributed by atoms with van der Waals surface area (Å²) in [6.07, 6.45) is 0. The quantitative estimate of drug-likeness (QED) is 0.608. The topological polar surface area (TPSA) is 56.2 Å². The maximum atomic E-state index is 12.4. The minimum absolute atomic E-state index is 0.0485. The fraction of sp³-hybridized carbons (Fsp3) is 0.438. The highest BCUT2D eigenvalue weighted by molar-refractivity contribution is 6.62. The number of hydrogen-bond donors (Lipinski definition) is 0. The second-order valence-electron chi connectivity index (χ2n) is 6.03. The Morgan fingerprint density at radius 3 is 2.57 bits per heavy atom. The molecule has 23 heavy (non-hydrogen) atoms. The van der Waals surface area contributed by atoms with Crippen LogP contribution in [0.4, 0.5) is 4.79 Å². The number of hydrazone groups is 1. The highest BCUT2D eigenvalue weighted by Gasteiger charge is 2.38. The Balaban J connectivity index is 1.91. The second kappa shape index (κ2) is 6.29. The molecule has 2 aliphatic heterocycles. The third kappa shape index (κ3) is 3.23. The second-order valence-corrected chi connectivity index (χ2v) is 6.35. The van der Waals surface area contributed by atoms with Crippen molar-refractivity contribution in [1.29, 1.82) is 0 Å². The molecule has 3 rings (SSSR count). The lowest BCUT2D eigenvalue weighted by Crippen LogP contribution is -2.56. The summed E-state index contributed by atoms with van der Waals surface area (Å²) in [5, 5.41) is 4.96. The molecule has 1 aromatic carbocycles. The SMILES string of the molecule is Cc1ccc(C2=NN(C(=O)Cl)CC2N2CCN(C)CC2=O)cc1. The van der Waals surface area contributed by atoms with Gasteiger partial charge in [0.25, 0.3) is 0 Å². The first kappa shape index (κ1) is 16.0. The van der Waals surface area contributed by atoms with Crippen molar-refractivity contribution in [3.63, 3.8) is 0 Å². The summed E-state index contributed by atoms with van der Waals surface area (Å²) in [6.45, 7) is 4.12. The molecule has 122 valence electrons. The highest BCUT2D eigenvalue weighted by Crippen LogP contribution is 2.22. The number of amides is 2. The van der Waals surface area contributed by atoms with Gasteiger partial charge in [-0.3, -0.25) is 14.5 Å². The maximum Gasteiger partial charge on any atom is 0.336 e. The third-order valence-corrected chi connectivity index (χ3v) is 4.46. The van der Waals surface area contributed by atoms with Crippen LogP contribution in [-0.4, -0.2) is 71.1 Å². The van der Waals surface area contributed by atoms with Gasteiger partial charge in [-0.2, -0.15) is 5.10 Å². The Morgan fingerprint density at radius 2 is 1.96 bits per heavy atom. The first-order valence-electron chi connectivity index (χ1n) is 7.56. The van der Waals surface area contributed by atoms with E-state index >= 15 is 0 Å². The number of aryl methyl sites for hydroxylation is 1. The van der Waals surface area contributed by atoms with Gasteiger partial charge in [0.1, 0.15) is 0 Å². The summed E-state index contributed by atoms with van der Waals surface area (Å²) in [5.41, 5.74) is 2.77. The standard InChI is InChI=1S/C16H19ClN4O2/c1-11-3-5-12(6-4-11)15-13(9-21(18-15)16(17)23)20-8-7-19(2)10-14(20)22/h3-6,13H,7-10H2,1-2H3. The lowest BCUT2D eigenvalue weighted by atomic mass is 10.0. The summed E-state index contributed by atoms with van der Waals surface area (Å²) in [7, 11) is 1.92. The van der Waals surface area contributed by atoms with E-state index in [1.54, 1.807) is 4.90 Å². The predicted molar refractivity (Wildman–Crippen MR) is 88.7 cm³/mol. The number of carbonyl (C=O) groups excluding carboxylic acids is 2. The average molecular weight is 335 g/mol. The molecule has 0 spiro atoms. The van der Waals surface area contributed by atoms with E-state index in [2.05, 4.69) is 5.10 Å². The molecule has 2 heterocycles. The molecule has 2 aliphatic rings. The molecule has 6 nitrogen and oxygen atoms in total. The van der Waals surface area contributed by atoms with Crippen LogP contribution in [0.5, 0.6) is 0 Å². The van der Waals surface area contributed by atoms with Crippen LogP contribution in [0.3, 0.4) is 0 Å². The van der Waals surface area contributed by atoms with Gasteiger partial charge < -0.3 is 4.90 Å². The van der Waals surface area contributed by atoms with Crippen molar-refractivity contribution in [3.05, 3.63) is 35.4 Å². The van der Waals surface area contributed by atoms with Crippen molar-refractivity contribution in [1.82, 2.24) is 14.8 Å². The smallest absolute Gasteiger partial charge is 0.330 e. The summed E-state index contributed by atoms with van der Waals surface area (Å²) in [6, 6.07) is 7.66. The zero-order valence-corrected chi connectivity index (χ0v) is 14.0. The van der Waals surface area contributed by atoms with Crippen molar-refractivity contribution < 1.29 is 9.59 Å². The third-order valence-electron chi connectivity index (χ3n) is 4.26. The van der Waals surface area contributed by atoms with E-state index in [0.717, 1.165) is 23.4 Å². The maximum absolute atomic E-state index is 12.4. The van der Waals surface area contributed by atoms with Crippen molar-refractivity contribution >= 4 is 28.6 Å². The number of halogens is 1. The molecule has 1 fully saturated rings. The Bertz CT molecular complexity index is 659. The van der Waals surface area contributed by atoms with E-state index in [-0.39, 0.29) is 11.9 Å². The number of benzene rings is 1. The number of rotatable bonds is 2. The number of piperazine rings is 1. The first-order valence-corrected chi connectivity index (χ1v) is 7.94. The zero-order valence-electron chi connectivity index (χ0n) is 13.2. The van der Waals surface area contributed by atoms with Crippen LogP contribution in [0.15, 0.2) is 29.4 Å². The van der Waals surface area contributed by atoms with Crippen molar-refractivity contribution in [3.8, 4) is 0 Å². The van der Waals surface area contributed by atoms with Gasteiger partial charge in [0.05, 0.1) is 24.8 Å². The molecule has 0 aliphatic carbocycles. The van der Waals surface area contributed by atoms with Crippen molar-refractivity contribution in [2.75, 3.05) is 33.2 Å². The van der Waals surface area contributed by atoms with Gasteiger partial charge in [0.2, 0.25) is 5.91 Å². The largest absolute Gasteiger partial charge is 0.336 e. The summed E-state index contributed by atoms with van der Waals surface area (Å²) >= 11 is 5.59. The molecule has 0 saturated carbocycles. The predicted octanol–water partition coefficient (Wildman–Crippen LogP) is 1.52. The van der Waals surface area contributed by atoms with E-state index in [1.165, 1.54) is 5.01 Å². The molecule has 7 heteroatoms. The van der Waals surface area contributed by atoms with E-state index in [4.69, 9.17) is 11.6 Å². The van der Waals surface area contributed by atoms with Gasteiger partial charge >= 0.3 is 5.37 Å². The number of carbonyl (C=O) groups is 2. The molecule has 1 aromatic rings. The lowest BCUT2D eigenvalue weighted by Gasteiger charge is -2.36. The number of hydrogen-bond acceptors (Lipinski definition) is 4. The van der Waals surface area contributed by atoms with Crippen LogP contribution in [0.1, 0.15) is 11.1 Å². The normalized spacial score (nSPS) is 22.5. The molecule has 2 amide bonds. The van der Waals surface area contributed by atoms with Gasteiger partial charge in [-0.25, -0.2) is 5.01 Å². The van der Waals surface area contributed by atoms with E-state index in [0.29, 0.717) is 19.6 Å². The van der Waals surface area contributed by atoms with E-state index in [1.807, 2.05) is 43.1 Å². The van der Waals surface area contributed by atoms with Gasteiger partial charge in [-0.05, 0) is 31.1 Å². The van der Waals surface area contributed by atoms with E-state index in [9.17, 15) is 9.59 Å². The molecule has 1 unspecified atom stereocenters. The average Bonchev–Trinajstić information content (AvgIpc) is 2.93. The molecule has 0 bridgehead atoms. The van der Waals surface area contributed by atoms with Crippen LogP contribution < -0.4 is 0 Å². The summed E-state index contributed by atoms with van der Waals surface area (Å²) in [5.74, 6) is 0.0485. The van der Waals surface area contributed by atoms with Gasteiger partial charge in [-0.15, -0.1) is 0 Å². The molecule has 1 saturated heterocycles. The Labute approximate surface area is 140 Å². The van der Waals surface area contributed by atoms with Crippen LogP contribution in [-0.2, 0) is 4.79 Å². The van der Waals surface area contributed by atoms with Gasteiger partial charge in [0.15, 0.2) is 0 Å². The monoisotopic (exact) mass is 334 g/mol. The Morgan fingerprint density at radius 1 is 1.26 bits per heavy atom. The fourth-order valence-corrected chi connectivity index (χ4v) is 3.06. The minimum Gasteiger partial charge on any atom is -0.330 e. The zero-order chi connectivity index (χ0) is 16.6. The van der Waals surface area contributed by atoms with Crippen LogP contribution >= 0.6 is 11.6 Å². The molecule has 0 radical (unpaired) electrons. The summed E-state index contributed by atoms with van der Waals surface area (Å²) in [4.78, 5) is 27.7. The Kier molecular flexibility index (Phi) is 4.37. The molecule has 0 aromatic heterocycles. The van der Waals surface area contributed by atoms with Crippen LogP contribution in [0, 0.1) is 6.92 Å². The van der Waals surface area contributed by atoms with Crippen molar-refractivity contribution in [2.24, 2.45) is 5.10 Å². The molecular formula is C16H19ClN4O2. The van der Waals surface area contributed by atoms with E-state index < -0.39 is 5.37 Å². The summed E-state index contributed by atoms with van der Waals surface area (Å²) < 4.78 is 0. The lowest BCUT2D eigenvalue weighted by molar-refractivity contribution is -0.136. The molecule has 0 N–H and O–H groups in total. The first-order chi connectivity index (χ1) is 11.0. The van der Waals surface area contributed by atoms with Crippen LogP contribution in [0.25, 0.3) is 0 Å². The van der Waals surface area contributed by atoms with Crippen LogP contribution in [0.2, 0.25) is 0 Å². The number of nitrogens with zero attached hydrogens (tertiary/aromatic N) is 4. The highest BCUT2D eigenvalue weighted by atomic mass is 35.5. The van der Waals surface area contributed by atoms with Gasteiger partial charge in [-0.1, -0.05) is 29.8 Å². The molecular weight excluding hydrogens is 316 g/mol. The fourth-order valence-electron chi connectivity index (χ4n) is 2.95. The minimum atomic E-state index is -0.626. The molecule has 1 atom stereocenters.